The minimum atomic E-state index is -0.572. The smallest absolute Gasteiger partial charge is 0.272 e. The molecular formula is C21H22N4O3S. The Balaban J connectivity index is 1.67. The van der Waals surface area contributed by atoms with Crippen molar-refractivity contribution in [3.63, 3.8) is 0 Å². The Labute approximate surface area is 172 Å². The Hall–Kier alpha value is -3.13. The Morgan fingerprint density at radius 2 is 1.69 bits per heavy atom. The second-order valence-electron chi connectivity index (χ2n) is 6.40. The molecule has 0 saturated carbocycles. The Morgan fingerprint density at radius 1 is 1.03 bits per heavy atom. The van der Waals surface area contributed by atoms with E-state index in [-0.39, 0.29) is 22.4 Å². The summed E-state index contributed by atoms with van der Waals surface area (Å²) in [7, 11) is 0. The maximum absolute atomic E-state index is 12.6. The fourth-order valence-electron chi connectivity index (χ4n) is 2.77. The monoisotopic (exact) mass is 410 g/mol. The van der Waals surface area contributed by atoms with Gasteiger partial charge in [0.25, 0.3) is 17.4 Å². The highest BCUT2D eigenvalue weighted by atomic mass is 32.2. The van der Waals surface area contributed by atoms with E-state index < -0.39 is 5.91 Å². The van der Waals surface area contributed by atoms with Gasteiger partial charge in [-0.25, -0.2) is 4.68 Å². The summed E-state index contributed by atoms with van der Waals surface area (Å²) in [5.41, 5.74) is 5.82. The van der Waals surface area contributed by atoms with E-state index in [4.69, 9.17) is 0 Å². The molecule has 150 valence electrons. The predicted octanol–water partition coefficient (Wildman–Crippen LogP) is 2.50. The molecule has 3 rings (SSSR count). The number of carbonyl (C=O) groups is 2. The molecule has 2 N–H and O–H groups in total. The molecule has 1 atom stereocenters. The summed E-state index contributed by atoms with van der Waals surface area (Å²) >= 11 is 1.47. The first-order valence-corrected chi connectivity index (χ1v) is 10.3. The van der Waals surface area contributed by atoms with Gasteiger partial charge >= 0.3 is 0 Å². The molecule has 0 aliphatic carbocycles. The number of fused-ring (bicyclic) bond motifs is 1. The van der Waals surface area contributed by atoms with Gasteiger partial charge in [0.05, 0.1) is 10.6 Å². The van der Waals surface area contributed by atoms with Crippen LogP contribution in [0.15, 0.2) is 59.4 Å². The van der Waals surface area contributed by atoms with E-state index in [1.54, 1.807) is 38.1 Å². The minimum Gasteiger partial charge on any atom is -0.272 e. The maximum Gasteiger partial charge on any atom is 0.290 e. The molecule has 1 aromatic heterocycles. The summed E-state index contributed by atoms with van der Waals surface area (Å²) in [6.07, 6.45) is 0. The standard InChI is InChI=1S/C21H22N4O3S/c1-3-25-21(28)17-12-8-7-11-16(17)18(24-25)20(27)23-22-19(26)14(2)29-13-15-9-5-4-6-10-15/h4-12,14H,3,13H2,1-2H3,(H,22,26)(H,23,27). The number of carbonyl (C=O) groups excluding carboxylic acids is 2. The summed E-state index contributed by atoms with van der Waals surface area (Å²) in [6, 6.07) is 16.6. The molecule has 2 amide bonds. The van der Waals surface area contributed by atoms with Crippen LogP contribution in [0.25, 0.3) is 10.8 Å². The topological polar surface area (TPSA) is 93.1 Å². The Morgan fingerprint density at radius 3 is 2.38 bits per heavy atom. The molecule has 7 nitrogen and oxygen atoms in total. The SMILES string of the molecule is CCn1nc(C(=O)NNC(=O)C(C)SCc2ccccc2)c2ccccc2c1=O. The molecule has 0 spiro atoms. The van der Waals surface area contributed by atoms with Crippen molar-refractivity contribution in [2.75, 3.05) is 0 Å². The number of hydrogen-bond donors (Lipinski definition) is 2. The quantitative estimate of drug-likeness (QED) is 0.609. The third-order valence-corrected chi connectivity index (χ3v) is 5.61. The number of nitrogens with zero attached hydrogens (tertiary/aromatic N) is 2. The van der Waals surface area contributed by atoms with E-state index in [0.29, 0.717) is 23.1 Å². The largest absolute Gasteiger partial charge is 0.290 e. The normalized spacial score (nSPS) is 11.8. The van der Waals surface area contributed by atoms with Crippen LogP contribution in [0, 0.1) is 0 Å². The van der Waals surface area contributed by atoms with Gasteiger partial charge in [-0.1, -0.05) is 48.5 Å². The zero-order chi connectivity index (χ0) is 20.8. The van der Waals surface area contributed by atoms with Crippen molar-refractivity contribution in [3.05, 3.63) is 76.2 Å². The molecule has 0 saturated heterocycles. The first-order chi connectivity index (χ1) is 14.0. The van der Waals surface area contributed by atoms with Crippen LogP contribution in [0.5, 0.6) is 0 Å². The van der Waals surface area contributed by atoms with Crippen LogP contribution < -0.4 is 16.4 Å². The van der Waals surface area contributed by atoms with Crippen molar-refractivity contribution in [1.29, 1.82) is 0 Å². The first kappa shape index (κ1) is 20.6. The number of amides is 2. The fourth-order valence-corrected chi connectivity index (χ4v) is 3.61. The number of aromatic nitrogens is 2. The van der Waals surface area contributed by atoms with Crippen molar-refractivity contribution in [1.82, 2.24) is 20.6 Å². The molecule has 0 aliphatic heterocycles. The third kappa shape index (κ3) is 4.83. The number of aryl methyl sites for hydroxylation is 1. The molecule has 29 heavy (non-hydrogen) atoms. The minimum absolute atomic E-state index is 0.0898. The van der Waals surface area contributed by atoms with Crippen molar-refractivity contribution in [3.8, 4) is 0 Å². The number of thioether (sulfide) groups is 1. The molecule has 0 bridgehead atoms. The van der Waals surface area contributed by atoms with Crippen LogP contribution in [-0.4, -0.2) is 26.8 Å². The highest BCUT2D eigenvalue weighted by Gasteiger charge is 2.18. The van der Waals surface area contributed by atoms with Gasteiger partial charge in [-0.15, -0.1) is 11.8 Å². The van der Waals surface area contributed by atoms with Gasteiger partial charge in [-0.05, 0) is 25.5 Å². The van der Waals surface area contributed by atoms with E-state index in [1.165, 1.54) is 16.4 Å². The molecule has 0 fully saturated rings. The number of hydrazine groups is 1. The number of hydrogen-bond acceptors (Lipinski definition) is 5. The van der Waals surface area contributed by atoms with Gasteiger partial charge in [0.1, 0.15) is 0 Å². The summed E-state index contributed by atoms with van der Waals surface area (Å²) in [6.45, 7) is 3.89. The van der Waals surface area contributed by atoms with Gasteiger partial charge in [-0.2, -0.15) is 5.10 Å². The van der Waals surface area contributed by atoms with Crippen LogP contribution in [0.2, 0.25) is 0 Å². The average molecular weight is 410 g/mol. The fraction of sp³-hybridized carbons (Fsp3) is 0.238. The lowest BCUT2D eigenvalue weighted by molar-refractivity contribution is -0.121. The van der Waals surface area contributed by atoms with Crippen molar-refractivity contribution in [2.45, 2.75) is 31.4 Å². The number of rotatable bonds is 6. The van der Waals surface area contributed by atoms with E-state index in [0.717, 1.165) is 5.56 Å². The highest BCUT2D eigenvalue weighted by Crippen LogP contribution is 2.17. The number of benzene rings is 2. The van der Waals surface area contributed by atoms with Gasteiger partial charge in [0.15, 0.2) is 5.69 Å². The van der Waals surface area contributed by atoms with Crippen molar-refractivity contribution < 1.29 is 9.59 Å². The number of nitrogens with one attached hydrogen (secondary N) is 2. The van der Waals surface area contributed by atoms with Crippen LogP contribution in [0.3, 0.4) is 0 Å². The molecule has 1 heterocycles. The van der Waals surface area contributed by atoms with Crippen molar-refractivity contribution in [2.24, 2.45) is 0 Å². The summed E-state index contributed by atoms with van der Waals surface area (Å²) in [4.78, 5) is 37.3. The molecule has 2 aromatic carbocycles. The Kier molecular flexibility index (Phi) is 6.66. The van der Waals surface area contributed by atoms with Crippen LogP contribution in [0.1, 0.15) is 29.9 Å². The zero-order valence-corrected chi connectivity index (χ0v) is 17.0. The van der Waals surface area contributed by atoms with Crippen LogP contribution >= 0.6 is 11.8 Å². The van der Waals surface area contributed by atoms with Crippen LogP contribution in [0.4, 0.5) is 0 Å². The van der Waals surface area contributed by atoms with Gasteiger partial charge < -0.3 is 0 Å². The van der Waals surface area contributed by atoms with Gasteiger partial charge in [0, 0.05) is 17.7 Å². The van der Waals surface area contributed by atoms with E-state index in [2.05, 4.69) is 16.0 Å². The van der Waals surface area contributed by atoms with E-state index in [9.17, 15) is 14.4 Å². The Bertz CT molecular complexity index is 1080. The van der Waals surface area contributed by atoms with E-state index in [1.807, 2.05) is 30.3 Å². The van der Waals surface area contributed by atoms with Gasteiger partial charge in [-0.3, -0.25) is 25.2 Å². The summed E-state index contributed by atoms with van der Waals surface area (Å²) < 4.78 is 1.23. The average Bonchev–Trinajstić information content (AvgIpc) is 2.76. The molecular weight excluding hydrogens is 388 g/mol. The van der Waals surface area contributed by atoms with Crippen molar-refractivity contribution >= 4 is 34.3 Å². The second kappa shape index (κ2) is 9.38. The van der Waals surface area contributed by atoms with Gasteiger partial charge in [0.2, 0.25) is 0 Å². The van der Waals surface area contributed by atoms with E-state index >= 15 is 0 Å². The lowest BCUT2D eigenvalue weighted by atomic mass is 10.1. The van der Waals surface area contributed by atoms with Crippen LogP contribution in [-0.2, 0) is 17.1 Å². The molecule has 0 radical (unpaired) electrons. The molecule has 1 unspecified atom stereocenters. The predicted molar refractivity (Wildman–Crippen MR) is 114 cm³/mol. The second-order valence-corrected chi connectivity index (χ2v) is 7.73. The lowest BCUT2D eigenvalue weighted by Crippen LogP contribution is -2.45. The third-order valence-electron chi connectivity index (χ3n) is 4.39. The lowest BCUT2D eigenvalue weighted by Gasteiger charge is -2.14. The molecule has 3 aromatic rings. The maximum atomic E-state index is 12.6. The molecule has 8 heteroatoms. The zero-order valence-electron chi connectivity index (χ0n) is 16.2. The summed E-state index contributed by atoms with van der Waals surface area (Å²) in [5.74, 6) is -0.193. The highest BCUT2D eigenvalue weighted by molar-refractivity contribution is 7.99. The molecule has 0 aliphatic rings. The first-order valence-electron chi connectivity index (χ1n) is 9.26. The summed E-state index contributed by atoms with van der Waals surface area (Å²) in [5, 5.41) is 4.65.